The molecule has 4 nitrogen and oxygen atoms in total. The van der Waals surface area contributed by atoms with Crippen LogP contribution in [-0.4, -0.2) is 20.4 Å². The third-order valence-electron chi connectivity index (χ3n) is 6.68. The van der Waals surface area contributed by atoms with E-state index in [2.05, 4.69) is 53.9 Å². The third-order valence-corrected chi connectivity index (χ3v) is 7.92. The van der Waals surface area contributed by atoms with Crippen molar-refractivity contribution in [2.45, 2.75) is 40.6 Å². The summed E-state index contributed by atoms with van der Waals surface area (Å²) < 4.78 is 48.5. The fourth-order valence-corrected chi connectivity index (χ4v) is 6.00. The molecule has 2 aromatic carbocycles. The topological polar surface area (TPSA) is 59.3 Å². The Morgan fingerprint density at radius 2 is 1.58 bits per heavy atom. The van der Waals surface area contributed by atoms with Gasteiger partial charge in [0.25, 0.3) is 0 Å². The van der Waals surface area contributed by atoms with Crippen molar-refractivity contribution in [1.29, 1.82) is 5.26 Å². The molecule has 0 spiro atoms. The molecule has 176 valence electrons. The van der Waals surface area contributed by atoms with Gasteiger partial charge in [0.05, 0.1) is 6.07 Å². The van der Waals surface area contributed by atoms with Gasteiger partial charge in [-0.3, -0.25) is 0 Å². The predicted molar refractivity (Wildman–Crippen MR) is 128 cm³/mol. The molecule has 0 aliphatic heterocycles. The largest absolute Gasteiger partial charge is 0.490 e. The number of nitriles is 1. The smallest absolute Gasteiger partial charge is 0.457 e. The van der Waals surface area contributed by atoms with E-state index in [-0.39, 0.29) is 0 Å². The minimum Gasteiger partial charge on any atom is -0.457 e. The molecule has 1 aliphatic carbocycles. The number of hydrogen-bond donors (Lipinski definition) is 0. The first-order valence-corrected chi connectivity index (χ1v) is 12.1. The maximum absolute atomic E-state index is 13.1. The van der Waals surface area contributed by atoms with Gasteiger partial charge in [-0.2, -0.15) is 18.4 Å². The SMILES string of the molecule is CC1(C)C(C#N)(C(OC(=O)C(F)(F)F)C(Br)(Br)Br)[C@@]1(C)c1cccc(Oc2ccccc2)c1. The number of ether oxygens (including phenoxy) is 2. The molecule has 0 bridgehead atoms. The molecular weight excluding hydrogens is 635 g/mol. The van der Waals surface area contributed by atoms with E-state index in [9.17, 15) is 23.2 Å². The highest BCUT2D eigenvalue weighted by molar-refractivity contribution is 9.39. The molecule has 1 aliphatic rings. The number of nitrogens with zero attached hydrogens (tertiary/aromatic N) is 1. The van der Waals surface area contributed by atoms with Crippen LogP contribution >= 0.6 is 47.8 Å². The lowest BCUT2D eigenvalue weighted by atomic mass is 9.85. The average Bonchev–Trinajstić information content (AvgIpc) is 3.12. The van der Waals surface area contributed by atoms with Crippen molar-refractivity contribution >= 4 is 53.8 Å². The van der Waals surface area contributed by atoms with Gasteiger partial charge in [-0.05, 0) is 35.2 Å². The lowest BCUT2D eigenvalue weighted by Crippen LogP contribution is -2.44. The van der Waals surface area contributed by atoms with Crippen LogP contribution in [0.2, 0.25) is 0 Å². The van der Waals surface area contributed by atoms with Gasteiger partial charge in [0.15, 0.2) is 8.25 Å². The van der Waals surface area contributed by atoms with Crippen molar-refractivity contribution in [3.63, 3.8) is 0 Å². The van der Waals surface area contributed by atoms with Crippen LogP contribution in [0.25, 0.3) is 0 Å². The van der Waals surface area contributed by atoms with E-state index in [0.717, 1.165) is 0 Å². The molecule has 2 unspecified atom stereocenters. The summed E-state index contributed by atoms with van der Waals surface area (Å²) >= 11 is 9.61. The summed E-state index contributed by atoms with van der Waals surface area (Å²) in [6, 6.07) is 18.3. The highest BCUT2D eigenvalue weighted by Gasteiger charge is 2.86. The number of esters is 1. The molecule has 3 rings (SSSR count). The monoisotopic (exact) mass is 651 g/mol. The number of alkyl halides is 6. The molecule has 2 aromatic rings. The van der Waals surface area contributed by atoms with Crippen LogP contribution in [0.3, 0.4) is 0 Å². The van der Waals surface area contributed by atoms with E-state index >= 15 is 0 Å². The lowest BCUT2D eigenvalue weighted by molar-refractivity contribution is -0.207. The van der Waals surface area contributed by atoms with Crippen LogP contribution < -0.4 is 4.74 Å². The molecule has 10 heteroatoms. The molecule has 0 radical (unpaired) electrons. The Kier molecular flexibility index (Phi) is 6.77. The van der Waals surface area contributed by atoms with Crippen LogP contribution in [0, 0.1) is 22.2 Å². The number of para-hydroxylation sites is 1. The van der Waals surface area contributed by atoms with Gasteiger partial charge in [-0.1, -0.05) is 98.9 Å². The minimum absolute atomic E-state index is 0.501. The molecule has 33 heavy (non-hydrogen) atoms. The van der Waals surface area contributed by atoms with Gasteiger partial charge in [-0.25, -0.2) is 4.79 Å². The summed E-state index contributed by atoms with van der Waals surface area (Å²) in [6.07, 6.45) is -6.77. The fraction of sp³-hybridized carbons (Fsp3) is 0.391. The van der Waals surface area contributed by atoms with E-state index in [1.54, 1.807) is 57.2 Å². The molecule has 1 saturated carbocycles. The van der Waals surface area contributed by atoms with E-state index in [0.29, 0.717) is 17.1 Å². The van der Waals surface area contributed by atoms with E-state index in [1.165, 1.54) is 0 Å². The molecular formula is C23H19Br3F3NO3. The van der Waals surface area contributed by atoms with Crippen LogP contribution in [0.15, 0.2) is 54.6 Å². The zero-order valence-corrected chi connectivity index (χ0v) is 22.5. The molecule has 0 aromatic heterocycles. The van der Waals surface area contributed by atoms with Crippen LogP contribution in [-0.2, 0) is 14.9 Å². The molecule has 3 atom stereocenters. The Balaban J connectivity index is 2.08. The van der Waals surface area contributed by atoms with E-state index in [1.807, 2.05) is 18.2 Å². The zero-order valence-electron chi connectivity index (χ0n) is 17.7. The summed E-state index contributed by atoms with van der Waals surface area (Å²) in [5.74, 6) is -1.27. The van der Waals surface area contributed by atoms with Gasteiger partial charge in [0.1, 0.15) is 16.9 Å². The van der Waals surface area contributed by atoms with Gasteiger partial charge in [0.2, 0.25) is 0 Å². The first-order chi connectivity index (χ1) is 15.1. The number of rotatable bonds is 5. The maximum Gasteiger partial charge on any atom is 0.490 e. The predicted octanol–water partition coefficient (Wildman–Crippen LogP) is 7.60. The first kappa shape index (κ1) is 26.0. The van der Waals surface area contributed by atoms with Crippen molar-refractivity contribution in [3.05, 3.63) is 60.2 Å². The number of halogens is 6. The fourth-order valence-electron chi connectivity index (χ4n) is 4.69. The third kappa shape index (κ3) is 4.21. The number of carbonyl (C=O) groups is 1. The standard InChI is InChI=1S/C23H19Br3F3NO3/c1-19(2)20(3,14-8-7-11-16(12-14)32-15-9-5-4-6-10-15)21(19,13-30)17(22(24,25)26)33-18(31)23(27,28)29/h4-12,17H,1-3H3/t17?,20-,21?/m0/s1. The molecule has 0 saturated heterocycles. The Bertz CT molecular complexity index is 1100. The summed E-state index contributed by atoms with van der Waals surface area (Å²) in [4.78, 5) is 11.8. The Morgan fingerprint density at radius 1 is 1.00 bits per heavy atom. The number of hydrogen-bond acceptors (Lipinski definition) is 4. The van der Waals surface area contributed by atoms with Crippen molar-refractivity contribution < 1.29 is 27.4 Å². The Labute approximate surface area is 214 Å². The first-order valence-electron chi connectivity index (χ1n) is 9.72. The molecule has 1 fully saturated rings. The number of benzene rings is 2. The van der Waals surface area contributed by atoms with E-state index in [4.69, 9.17) is 9.47 Å². The average molecular weight is 654 g/mol. The second-order valence-electron chi connectivity index (χ2n) is 8.44. The summed E-state index contributed by atoms with van der Waals surface area (Å²) in [6.45, 7) is 5.28. The van der Waals surface area contributed by atoms with Crippen LogP contribution in [0.5, 0.6) is 11.5 Å². The summed E-state index contributed by atoms with van der Waals surface area (Å²) in [5.41, 5.74) is -2.77. The van der Waals surface area contributed by atoms with Gasteiger partial charge < -0.3 is 9.47 Å². The maximum atomic E-state index is 13.1. The lowest BCUT2D eigenvalue weighted by Gasteiger charge is -2.33. The highest BCUT2D eigenvalue weighted by Crippen LogP contribution is 2.81. The van der Waals surface area contributed by atoms with Crippen molar-refractivity contribution in [3.8, 4) is 17.6 Å². The van der Waals surface area contributed by atoms with Crippen molar-refractivity contribution in [2.24, 2.45) is 10.8 Å². The zero-order chi connectivity index (χ0) is 24.9. The number of carbonyl (C=O) groups excluding carboxylic acids is 1. The highest BCUT2D eigenvalue weighted by atomic mass is 80.0. The van der Waals surface area contributed by atoms with Gasteiger partial charge >= 0.3 is 12.1 Å². The normalized spacial score (nSPS) is 25.0. The minimum atomic E-state index is -5.22. The molecule has 0 N–H and O–H groups in total. The summed E-state index contributed by atoms with van der Waals surface area (Å²) in [7, 11) is 0. The van der Waals surface area contributed by atoms with Gasteiger partial charge in [-0.15, -0.1) is 0 Å². The van der Waals surface area contributed by atoms with E-state index < -0.39 is 36.6 Å². The van der Waals surface area contributed by atoms with Gasteiger partial charge in [0, 0.05) is 5.41 Å². The summed E-state index contributed by atoms with van der Waals surface area (Å²) in [5, 5.41) is 10.3. The second-order valence-corrected chi connectivity index (χ2v) is 15.4. The molecule has 0 heterocycles. The quantitative estimate of drug-likeness (QED) is 0.246. The molecule has 0 amide bonds. The van der Waals surface area contributed by atoms with Crippen molar-refractivity contribution in [2.75, 3.05) is 0 Å². The van der Waals surface area contributed by atoms with Crippen molar-refractivity contribution in [1.82, 2.24) is 0 Å². The van der Waals surface area contributed by atoms with Crippen LogP contribution in [0.4, 0.5) is 13.2 Å². The Morgan fingerprint density at radius 3 is 2.09 bits per heavy atom. The van der Waals surface area contributed by atoms with Crippen LogP contribution in [0.1, 0.15) is 26.3 Å². The second kappa shape index (κ2) is 8.58. The Hall–Kier alpha value is -1.57.